The van der Waals surface area contributed by atoms with Gasteiger partial charge in [-0.2, -0.15) is 0 Å². The number of nitrogens with one attached hydrogen (secondary N) is 1. The fourth-order valence-corrected chi connectivity index (χ4v) is 1.97. The molecule has 1 N–H and O–H groups in total. The highest BCUT2D eigenvalue weighted by Gasteiger charge is 2.37. The largest absolute Gasteiger partial charge is 0.468 e. The Balaban J connectivity index is 2.00. The highest BCUT2D eigenvalue weighted by molar-refractivity contribution is 5.76. The van der Waals surface area contributed by atoms with Crippen LogP contribution < -0.4 is 5.32 Å². The average Bonchev–Trinajstić information content (AvgIpc) is 3.20. The van der Waals surface area contributed by atoms with Crippen LogP contribution in [0.25, 0.3) is 0 Å². The number of hydrogen-bond donors (Lipinski definition) is 1. The summed E-state index contributed by atoms with van der Waals surface area (Å²) in [5, 5.41) is 3.34. The number of ether oxygens (including phenoxy) is 1. The molecule has 92 valence electrons. The Morgan fingerprint density at radius 2 is 2.12 bits per heavy atom. The number of pyridine rings is 1. The lowest BCUT2D eigenvalue weighted by atomic mass is 10.1. The molecular weight excluding hydrogens is 216 g/mol. The third-order valence-electron chi connectivity index (χ3n) is 3.18. The maximum atomic E-state index is 11.7. The van der Waals surface area contributed by atoms with Crippen LogP contribution in [0.5, 0.6) is 0 Å². The summed E-state index contributed by atoms with van der Waals surface area (Å²) >= 11 is 0. The van der Waals surface area contributed by atoms with Gasteiger partial charge in [-0.3, -0.25) is 15.1 Å². The van der Waals surface area contributed by atoms with Crippen molar-refractivity contribution in [2.75, 3.05) is 7.11 Å². The van der Waals surface area contributed by atoms with Gasteiger partial charge in [0.1, 0.15) is 6.04 Å². The Kier molecular flexibility index (Phi) is 3.74. The SMILES string of the molecule is COC(=O)C(NC(C)c1ccncc1)C1CC1. The zero-order chi connectivity index (χ0) is 12.3. The molecule has 17 heavy (non-hydrogen) atoms. The van der Waals surface area contributed by atoms with Gasteiger partial charge in [0.15, 0.2) is 0 Å². The Labute approximate surface area is 101 Å². The average molecular weight is 234 g/mol. The third-order valence-corrected chi connectivity index (χ3v) is 3.18. The van der Waals surface area contributed by atoms with Crippen LogP contribution in [0.3, 0.4) is 0 Å². The van der Waals surface area contributed by atoms with E-state index in [1.54, 1.807) is 12.4 Å². The first-order valence-corrected chi connectivity index (χ1v) is 5.96. The van der Waals surface area contributed by atoms with Crippen molar-refractivity contribution in [2.45, 2.75) is 31.8 Å². The third kappa shape index (κ3) is 3.03. The number of methoxy groups -OCH3 is 1. The number of esters is 1. The van der Waals surface area contributed by atoms with Gasteiger partial charge in [-0.15, -0.1) is 0 Å². The lowest BCUT2D eigenvalue weighted by Crippen LogP contribution is -2.40. The molecule has 0 radical (unpaired) electrons. The van der Waals surface area contributed by atoms with Gasteiger partial charge in [-0.1, -0.05) is 0 Å². The van der Waals surface area contributed by atoms with Gasteiger partial charge >= 0.3 is 5.97 Å². The van der Waals surface area contributed by atoms with Gasteiger partial charge in [0.05, 0.1) is 7.11 Å². The molecule has 1 aliphatic rings. The molecule has 2 atom stereocenters. The van der Waals surface area contributed by atoms with E-state index in [0.717, 1.165) is 18.4 Å². The Bertz CT molecular complexity index is 376. The Morgan fingerprint density at radius 1 is 1.47 bits per heavy atom. The maximum absolute atomic E-state index is 11.7. The van der Waals surface area contributed by atoms with E-state index < -0.39 is 0 Å². The van der Waals surface area contributed by atoms with E-state index in [-0.39, 0.29) is 18.1 Å². The second-order valence-corrected chi connectivity index (χ2v) is 4.51. The van der Waals surface area contributed by atoms with Crippen LogP contribution in [0.1, 0.15) is 31.4 Å². The van der Waals surface area contributed by atoms with Crippen LogP contribution >= 0.6 is 0 Å². The lowest BCUT2D eigenvalue weighted by molar-refractivity contribution is -0.144. The van der Waals surface area contributed by atoms with Crippen molar-refractivity contribution in [3.63, 3.8) is 0 Å². The van der Waals surface area contributed by atoms with Crippen LogP contribution in [0.4, 0.5) is 0 Å². The van der Waals surface area contributed by atoms with Crippen molar-refractivity contribution in [1.29, 1.82) is 0 Å². The molecule has 0 aliphatic heterocycles. The Hall–Kier alpha value is -1.42. The predicted molar refractivity (Wildman–Crippen MR) is 64.3 cm³/mol. The van der Waals surface area contributed by atoms with Crippen molar-refractivity contribution in [3.05, 3.63) is 30.1 Å². The van der Waals surface area contributed by atoms with Crippen molar-refractivity contribution in [2.24, 2.45) is 5.92 Å². The molecular formula is C13H18N2O2. The molecule has 2 rings (SSSR count). The van der Waals surface area contributed by atoms with E-state index in [9.17, 15) is 4.79 Å². The highest BCUT2D eigenvalue weighted by atomic mass is 16.5. The van der Waals surface area contributed by atoms with E-state index in [2.05, 4.69) is 10.3 Å². The molecule has 1 fully saturated rings. The first kappa shape index (κ1) is 12.0. The molecule has 1 aliphatic carbocycles. The monoisotopic (exact) mass is 234 g/mol. The summed E-state index contributed by atoms with van der Waals surface area (Å²) in [6.45, 7) is 2.05. The molecule has 0 saturated heterocycles. The topological polar surface area (TPSA) is 51.2 Å². The maximum Gasteiger partial charge on any atom is 0.323 e. The molecule has 1 saturated carbocycles. The number of carbonyl (C=O) groups excluding carboxylic acids is 1. The van der Waals surface area contributed by atoms with Gasteiger partial charge in [-0.25, -0.2) is 0 Å². The molecule has 2 unspecified atom stereocenters. The minimum absolute atomic E-state index is 0.127. The summed E-state index contributed by atoms with van der Waals surface area (Å²) in [6, 6.07) is 3.86. The first-order chi connectivity index (χ1) is 8.22. The smallest absolute Gasteiger partial charge is 0.323 e. The summed E-state index contributed by atoms with van der Waals surface area (Å²) in [5.41, 5.74) is 1.13. The van der Waals surface area contributed by atoms with Gasteiger partial charge < -0.3 is 4.74 Å². The molecule has 0 aromatic carbocycles. The van der Waals surface area contributed by atoms with Crippen LogP contribution in [-0.2, 0) is 9.53 Å². The number of nitrogens with zero attached hydrogens (tertiary/aromatic N) is 1. The summed E-state index contributed by atoms with van der Waals surface area (Å²) < 4.78 is 4.84. The van der Waals surface area contributed by atoms with Crippen LogP contribution in [-0.4, -0.2) is 24.1 Å². The van der Waals surface area contributed by atoms with Gasteiger partial charge in [-0.05, 0) is 43.4 Å². The zero-order valence-corrected chi connectivity index (χ0v) is 10.2. The second-order valence-electron chi connectivity index (χ2n) is 4.51. The Morgan fingerprint density at radius 3 is 2.65 bits per heavy atom. The van der Waals surface area contributed by atoms with E-state index >= 15 is 0 Å². The van der Waals surface area contributed by atoms with E-state index in [1.807, 2.05) is 19.1 Å². The number of aromatic nitrogens is 1. The standard InChI is InChI=1S/C13H18N2O2/c1-9(10-5-7-14-8-6-10)15-12(11-3-4-11)13(16)17-2/h5-9,11-12,15H,3-4H2,1-2H3. The molecule has 0 amide bonds. The van der Waals surface area contributed by atoms with Crippen molar-refractivity contribution in [3.8, 4) is 0 Å². The molecule has 1 aromatic rings. The molecule has 0 bridgehead atoms. The predicted octanol–water partition coefficient (Wildman–Crippen LogP) is 1.68. The number of hydrogen-bond acceptors (Lipinski definition) is 4. The number of carbonyl (C=O) groups is 1. The highest BCUT2D eigenvalue weighted by Crippen LogP contribution is 2.34. The number of rotatable bonds is 5. The fourth-order valence-electron chi connectivity index (χ4n) is 1.97. The zero-order valence-electron chi connectivity index (χ0n) is 10.2. The van der Waals surface area contributed by atoms with Gasteiger partial charge in [0.2, 0.25) is 0 Å². The van der Waals surface area contributed by atoms with Gasteiger partial charge in [0, 0.05) is 18.4 Å². The molecule has 0 spiro atoms. The summed E-state index contributed by atoms with van der Waals surface area (Å²) in [4.78, 5) is 15.6. The van der Waals surface area contributed by atoms with Crippen LogP contribution in [0, 0.1) is 5.92 Å². The molecule has 1 aromatic heterocycles. The minimum atomic E-state index is -0.178. The summed E-state index contributed by atoms with van der Waals surface area (Å²) in [6.07, 6.45) is 5.74. The van der Waals surface area contributed by atoms with E-state index in [0.29, 0.717) is 5.92 Å². The van der Waals surface area contributed by atoms with Gasteiger partial charge in [0.25, 0.3) is 0 Å². The molecule has 4 nitrogen and oxygen atoms in total. The molecule has 1 heterocycles. The molecule has 4 heteroatoms. The van der Waals surface area contributed by atoms with E-state index in [4.69, 9.17) is 4.74 Å². The van der Waals surface area contributed by atoms with Crippen molar-refractivity contribution >= 4 is 5.97 Å². The van der Waals surface area contributed by atoms with Crippen molar-refractivity contribution < 1.29 is 9.53 Å². The van der Waals surface area contributed by atoms with Crippen molar-refractivity contribution in [1.82, 2.24) is 10.3 Å². The second kappa shape index (κ2) is 5.27. The normalized spacial score (nSPS) is 18.5. The quantitative estimate of drug-likeness (QED) is 0.788. The lowest BCUT2D eigenvalue weighted by Gasteiger charge is -2.21. The van der Waals surface area contributed by atoms with E-state index in [1.165, 1.54) is 7.11 Å². The minimum Gasteiger partial charge on any atom is -0.468 e. The van der Waals surface area contributed by atoms with Crippen LogP contribution in [0.2, 0.25) is 0 Å². The van der Waals surface area contributed by atoms with Crippen LogP contribution in [0.15, 0.2) is 24.5 Å². The fraction of sp³-hybridized carbons (Fsp3) is 0.538. The summed E-state index contributed by atoms with van der Waals surface area (Å²) in [5.74, 6) is 0.278. The summed E-state index contributed by atoms with van der Waals surface area (Å²) in [7, 11) is 1.44. The first-order valence-electron chi connectivity index (χ1n) is 5.96.